The normalized spacial score (nSPS) is 11.6. The van der Waals surface area contributed by atoms with Crippen LogP contribution in [0.2, 0.25) is 0 Å². The van der Waals surface area contributed by atoms with E-state index in [-0.39, 0.29) is 11.0 Å². The molecule has 1 aromatic carbocycles. The summed E-state index contributed by atoms with van der Waals surface area (Å²) >= 11 is 0. The number of hydrogen-bond donors (Lipinski definition) is 1. The van der Waals surface area contributed by atoms with Crippen LogP contribution in [0, 0.1) is 6.92 Å². The predicted octanol–water partition coefficient (Wildman–Crippen LogP) is 3.75. The van der Waals surface area contributed by atoms with Crippen molar-refractivity contribution in [3.8, 4) is 0 Å². The fourth-order valence-electron chi connectivity index (χ4n) is 1.40. The Kier molecular flexibility index (Phi) is 13.6. The van der Waals surface area contributed by atoms with Gasteiger partial charge in [0.1, 0.15) is 0 Å². The molecule has 0 aliphatic heterocycles. The molecule has 1 unspecified atom stereocenters. The number of benzene rings is 1. The summed E-state index contributed by atoms with van der Waals surface area (Å²) in [5, 5.41) is 0. The number of rotatable bonds is 6. The molecule has 0 aromatic heterocycles. The first-order valence-corrected chi connectivity index (χ1v) is 9.07. The van der Waals surface area contributed by atoms with E-state index in [1.165, 1.54) is 0 Å². The van der Waals surface area contributed by atoms with E-state index < -0.39 is 10.0 Å². The molecule has 21 heavy (non-hydrogen) atoms. The molecule has 5 heteroatoms. The standard InChI is InChI=1S/C12H19NO3S.2C2H6/c1-4-11(16-3)9-13-17(14,15)12-7-5-10(2)6-8-12;2*1-2/h5-8,11,13H,4,9H2,1-3H3;2*1-2H3. The smallest absolute Gasteiger partial charge is 0.240 e. The molecular formula is C16H31NO3S. The van der Waals surface area contributed by atoms with E-state index in [0.29, 0.717) is 6.54 Å². The quantitative estimate of drug-likeness (QED) is 0.869. The van der Waals surface area contributed by atoms with E-state index in [1.807, 2.05) is 41.5 Å². The van der Waals surface area contributed by atoms with Gasteiger partial charge in [-0.3, -0.25) is 0 Å². The van der Waals surface area contributed by atoms with Gasteiger partial charge in [-0.05, 0) is 25.5 Å². The Balaban J connectivity index is 0. The third kappa shape index (κ3) is 8.86. The molecule has 1 N–H and O–H groups in total. The van der Waals surface area contributed by atoms with Crippen molar-refractivity contribution in [3.63, 3.8) is 0 Å². The zero-order valence-electron chi connectivity index (χ0n) is 14.4. The van der Waals surface area contributed by atoms with Gasteiger partial charge >= 0.3 is 0 Å². The molecule has 0 saturated heterocycles. The summed E-state index contributed by atoms with van der Waals surface area (Å²) in [6.07, 6.45) is 0.683. The van der Waals surface area contributed by atoms with Crippen LogP contribution in [-0.2, 0) is 14.8 Å². The van der Waals surface area contributed by atoms with E-state index in [4.69, 9.17) is 4.74 Å². The van der Waals surface area contributed by atoms with Crippen LogP contribution >= 0.6 is 0 Å². The Morgan fingerprint density at radius 1 is 1.10 bits per heavy atom. The highest BCUT2D eigenvalue weighted by Gasteiger charge is 2.15. The second-order valence-corrected chi connectivity index (χ2v) is 5.70. The second-order valence-electron chi connectivity index (χ2n) is 3.93. The predicted molar refractivity (Wildman–Crippen MR) is 90.2 cm³/mol. The monoisotopic (exact) mass is 317 g/mol. The number of ether oxygens (including phenoxy) is 1. The van der Waals surface area contributed by atoms with Gasteiger partial charge in [0.05, 0.1) is 11.0 Å². The molecule has 0 aliphatic rings. The van der Waals surface area contributed by atoms with Crippen molar-refractivity contribution in [2.24, 2.45) is 0 Å². The molecule has 0 saturated carbocycles. The van der Waals surface area contributed by atoms with Gasteiger partial charge in [-0.2, -0.15) is 0 Å². The first-order valence-electron chi connectivity index (χ1n) is 7.58. The molecule has 0 heterocycles. The Hall–Kier alpha value is -0.910. The molecule has 0 fully saturated rings. The lowest BCUT2D eigenvalue weighted by atomic mass is 10.2. The van der Waals surface area contributed by atoms with Crippen LogP contribution in [0.4, 0.5) is 0 Å². The average molecular weight is 317 g/mol. The van der Waals surface area contributed by atoms with Crippen LogP contribution in [0.15, 0.2) is 29.2 Å². The highest BCUT2D eigenvalue weighted by Crippen LogP contribution is 2.10. The Morgan fingerprint density at radius 2 is 1.57 bits per heavy atom. The second kappa shape index (κ2) is 12.8. The third-order valence-corrected chi connectivity index (χ3v) is 4.06. The molecule has 0 aliphatic carbocycles. The minimum absolute atomic E-state index is 0.0878. The van der Waals surface area contributed by atoms with Gasteiger partial charge in [-0.1, -0.05) is 52.3 Å². The molecule has 0 amide bonds. The lowest BCUT2D eigenvalue weighted by Crippen LogP contribution is -2.32. The van der Waals surface area contributed by atoms with Crippen molar-refractivity contribution in [3.05, 3.63) is 29.8 Å². The topological polar surface area (TPSA) is 55.4 Å². The van der Waals surface area contributed by atoms with Crippen LogP contribution in [0.3, 0.4) is 0 Å². The van der Waals surface area contributed by atoms with Crippen LogP contribution in [0.1, 0.15) is 46.6 Å². The summed E-state index contributed by atoms with van der Waals surface area (Å²) in [5.74, 6) is 0. The van der Waals surface area contributed by atoms with Gasteiger partial charge in [0, 0.05) is 13.7 Å². The SMILES string of the molecule is CC.CC.CCC(CNS(=O)(=O)c1ccc(C)cc1)OC. The Labute approximate surface area is 131 Å². The number of nitrogens with one attached hydrogen (secondary N) is 1. The van der Waals surface area contributed by atoms with E-state index in [0.717, 1.165) is 12.0 Å². The van der Waals surface area contributed by atoms with Crippen LogP contribution < -0.4 is 4.72 Å². The van der Waals surface area contributed by atoms with Crippen LogP contribution in [0.25, 0.3) is 0 Å². The summed E-state index contributed by atoms with van der Waals surface area (Å²) in [7, 11) is -1.84. The first kappa shape index (κ1) is 22.4. The van der Waals surface area contributed by atoms with E-state index in [1.54, 1.807) is 31.4 Å². The molecule has 4 nitrogen and oxygen atoms in total. The molecule has 0 bridgehead atoms. The lowest BCUT2D eigenvalue weighted by molar-refractivity contribution is 0.103. The van der Waals surface area contributed by atoms with Gasteiger partial charge in [-0.15, -0.1) is 0 Å². The van der Waals surface area contributed by atoms with Crippen molar-refractivity contribution in [2.45, 2.75) is 59.0 Å². The number of hydrogen-bond acceptors (Lipinski definition) is 3. The average Bonchev–Trinajstić information content (AvgIpc) is 2.52. The minimum Gasteiger partial charge on any atom is -0.380 e. The van der Waals surface area contributed by atoms with Gasteiger partial charge in [-0.25, -0.2) is 13.1 Å². The zero-order chi connectivity index (χ0) is 16.9. The van der Waals surface area contributed by atoms with E-state index >= 15 is 0 Å². The highest BCUT2D eigenvalue weighted by molar-refractivity contribution is 7.89. The summed E-state index contributed by atoms with van der Waals surface area (Å²) < 4.78 is 31.5. The van der Waals surface area contributed by atoms with Crippen molar-refractivity contribution >= 4 is 10.0 Å². The summed E-state index contributed by atoms with van der Waals surface area (Å²) in [4.78, 5) is 0.286. The Morgan fingerprint density at radius 3 is 1.95 bits per heavy atom. The maximum Gasteiger partial charge on any atom is 0.240 e. The molecule has 0 radical (unpaired) electrons. The van der Waals surface area contributed by atoms with E-state index in [9.17, 15) is 8.42 Å². The molecule has 1 rings (SSSR count). The molecule has 0 spiro atoms. The van der Waals surface area contributed by atoms with Gasteiger partial charge in [0.25, 0.3) is 0 Å². The number of methoxy groups -OCH3 is 1. The fraction of sp³-hybridized carbons (Fsp3) is 0.625. The maximum atomic E-state index is 11.9. The highest BCUT2D eigenvalue weighted by atomic mass is 32.2. The van der Waals surface area contributed by atoms with Crippen molar-refractivity contribution in [1.29, 1.82) is 0 Å². The summed E-state index contributed by atoms with van der Waals surface area (Å²) in [6, 6.07) is 6.77. The van der Waals surface area contributed by atoms with Crippen LogP contribution in [-0.4, -0.2) is 28.2 Å². The maximum absolute atomic E-state index is 11.9. The Bertz CT molecular complexity index is 437. The van der Waals surface area contributed by atoms with Gasteiger partial charge < -0.3 is 4.74 Å². The van der Waals surface area contributed by atoms with Crippen molar-refractivity contribution in [2.75, 3.05) is 13.7 Å². The first-order chi connectivity index (χ1) is 9.99. The summed E-state index contributed by atoms with van der Waals surface area (Å²) in [5.41, 5.74) is 1.03. The lowest BCUT2D eigenvalue weighted by Gasteiger charge is -2.14. The molecular weight excluding hydrogens is 286 g/mol. The third-order valence-electron chi connectivity index (χ3n) is 2.62. The summed E-state index contributed by atoms with van der Waals surface area (Å²) in [6.45, 7) is 12.2. The molecule has 124 valence electrons. The van der Waals surface area contributed by atoms with Gasteiger partial charge in [0.15, 0.2) is 0 Å². The fourth-order valence-corrected chi connectivity index (χ4v) is 2.46. The molecule has 1 atom stereocenters. The molecule has 1 aromatic rings. The number of aryl methyl sites for hydroxylation is 1. The minimum atomic E-state index is -3.42. The largest absolute Gasteiger partial charge is 0.380 e. The number of sulfonamides is 1. The van der Waals surface area contributed by atoms with Gasteiger partial charge in [0.2, 0.25) is 10.0 Å². The van der Waals surface area contributed by atoms with Crippen LogP contribution in [0.5, 0.6) is 0 Å². The van der Waals surface area contributed by atoms with Crippen molar-refractivity contribution < 1.29 is 13.2 Å². The zero-order valence-corrected chi connectivity index (χ0v) is 15.3. The van der Waals surface area contributed by atoms with Crippen molar-refractivity contribution in [1.82, 2.24) is 4.72 Å². The van der Waals surface area contributed by atoms with E-state index in [2.05, 4.69) is 4.72 Å².